The molecule has 106 valence electrons. The first-order chi connectivity index (χ1) is 9.19. The van der Waals surface area contributed by atoms with Crippen molar-refractivity contribution in [2.75, 3.05) is 19.6 Å². The van der Waals surface area contributed by atoms with Gasteiger partial charge in [0.1, 0.15) is 0 Å². The normalized spacial score (nSPS) is 49.8. The molecule has 1 aliphatic heterocycles. The van der Waals surface area contributed by atoms with Crippen LogP contribution in [0, 0.1) is 29.6 Å². The van der Waals surface area contributed by atoms with E-state index in [0.717, 1.165) is 42.7 Å². The van der Waals surface area contributed by atoms with Crippen LogP contribution in [0.4, 0.5) is 0 Å². The zero-order valence-electron chi connectivity index (χ0n) is 11.8. The second-order valence-electron chi connectivity index (χ2n) is 7.68. The fourth-order valence-electron chi connectivity index (χ4n) is 5.72. The topological polar surface area (TPSA) is 46.3 Å². The van der Waals surface area contributed by atoms with E-state index in [4.69, 9.17) is 5.73 Å². The molecular formula is C16H26N2O. The summed E-state index contributed by atoms with van der Waals surface area (Å²) in [6.07, 6.45) is 8.19. The highest BCUT2D eigenvalue weighted by Gasteiger charge is 2.48. The predicted molar refractivity (Wildman–Crippen MR) is 74.6 cm³/mol. The van der Waals surface area contributed by atoms with Gasteiger partial charge in [-0.3, -0.25) is 4.79 Å². The first-order valence-corrected chi connectivity index (χ1v) is 8.19. The summed E-state index contributed by atoms with van der Waals surface area (Å²) in [5.74, 6) is 5.28. The fraction of sp³-hybridized carbons (Fsp3) is 0.938. The molecule has 1 heterocycles. The second-order valence-corrected chi connectivity index (χ2v) is 7.68. The molecular weight excluding hydrogens is 236 g/mol. The minimum atomic E-state index is -0.217. The molecule has 5 aliphatic rings. The first kappa shape index (κ1) is 12.3. The zero-order chi connectivity index (χ0) is 13.0. The van der Waals surface area contributed by atoms with Gasteiger partial charge < -0.3 is 10.6 Å². The van der Waals surface area contributed by atoms with Crippen molar-refractivity contribution < 1.29 is 4.79 Å². The highest BCUT2D eigenvalue weighted by molar-refractivity contribution is 5.84. The van der Waals surface area contributed by atoms with Crippen molar-refractivity contribution >= 4 is 5.78 Å². The van der Waals surface area contributed by atoms with Crippen molar-refractivity contribution in [3.63, 3.8) is 0 Å². The number of hydrogen-bond donors (Lipinski definition) is 1. The van der Waals surface area contributed by atoms with Gasteiger partial charge in [0.25, 0.3) is 0 Å². The van der Waals surface area contributed by atoms with Gasteiger partial charge in [0.2, 0.25) is 0 Å². The Morgan fingerprint density at radius 1 is 1.05 bits per heavy atom. The lowest BCUT2D eigenvalue weighted by Gasteiger charge is -2.55. The lowest BCUT2D eigenvalue weighted by Crippen LogP contribution is -2.54. The Balaban J connectivity index is 1.42. The molecule has 0 spiro atoms. The number of nitrogens with zero attached hydrogens (tertiary/aromatic N) is 1. The van der Waals surface area contributed by atoms with E-state index in [9.17, 15) is 4.79 Å². The first-order valence-electron chi connectivity index (χ1n) is 8.19. The van der Waals surface area contributed by atoms with Crippen LogP contribution in [0.3, 0.4) is 0 Å². The van der Waals surface area contributed by atoms with Crippen molar-refractivity contribution in [3.05, 3.63) is 0 Å². The summed E-state index contributed by atoms with van der Waals surface area (Å²) in [7, 11) is 0. The van der Waals surface area contributed by atoms with Crippen LogP contribution >= 0.6 is 0 Å². The lowest BCUT2D eigenvalue weighted by molar-refractivity contribution is -0.123. The molecule has 1 unspecified atom stereocenters. The second kappa shape index (κ2) is 4.56. The Morgan fingerprint density at radius 2 is 1.68 bits per heavy atom. The summed E-state index contributed by atoms with van der Waals surface area (Å²) in [6, 6.07) is -0.217. The van der Waals surface area contributed by atoms with Gasteiger partial charge in [0.15, 0.2) is 5.78 Å². The Kier molecular flexibility index (Phi) is 2.96. The summed E-state index contributed by atoms with van der Waals surface area (Å²) in [6.45, 7) is 2.98. The molecule has 2 N–H and O–H groups in total. The van der Waals surface area contributed by atoms with E-state index < -0.39 is 0 Å². The monoisotopic (exact) mass is 262 g/mol. The Morgan fingerprint density at radius 3 is 2.26 bits per heavy atom. The number of Topliss-reactive ketones (excluding diaryl/α,β-unsaturated/α-hetero) is 1. The number of piperidine rings is 1. The molecule has 3 heteroatoms. The highest BCUT2D eigenvalue weighted by Crippen LogP contribution is 2.56. The summed E-state index contributed by atoms with van der Waals surface area (Å²) in [4.78, 5) is 14.0. The molecule has 4 aliphatic carbocycles. The van der Waals surface area contributed by atoms with Crippen molar-refractivity contribution in [2.45, 2.75) is 44.6 Å². The van der Waals surface area contributed by atoms with Gasteiger partial charge in [-0.2, -0.15) is 0 Å². The number of carbonyl (C=O) groups excluding carboxylic acids is 1. The highest BCUT2D eigenvalue weighted by atomic mass is 16.1. The van der Waals surface area contributed by atoms with Crippen LogP contribution in [0.15, 0.2) is 0 Å². The van der Waals surface area contributed by atoms with Gasteiger partial charge in [0, 0.05) is 26.1 Å². The van der Waals surface area contributed by atoms with Crippen LogP contribution in [0.2, 0.25) is 0 Å². The molecule has 3 nitrogen and oxygen atoms in total. The van der Waals surface area contributed by atoms with E-state index in [1.54, 1.807) is 0 Å². The number of likely N-dealkylation sites (tertiary alicyclic amines) is 1. The van der Waals surface area contributed by atoms with Crippen molar-refractivity contribution in [3.8, 4) is 0 Å². The van der Waals surface area contributed by atoms with Crippen LogP contribution in [0.1, 0.15) is 38.5 Å². The van der Waals surface area contributed by atoms with Gasteiger partial charge in [-0.05, 0) is 61.7 Å². The molecule has 0 aromatic rings. The number of carbonyl (C=O) groups is 1. The molecule has 0 radical (unpaired) electrons. The van der Waals surface area contributed by atoms with Crippen LogP contribution in [0.25, 0.3) is 0 Å². The van der Waals surface area contributed by atoms with E-state index in [2.05, 4.69) is 4.90 Å². The standard InChI is InChI=1S/C16H26N2O/c17-15-9-18(2-1-16(15)19)8-14-12-4-10-3-11(6-12)7-13(14)5-10/h10-15H,1-9,17H2. The van der Waals surface area contributed by atoms with Crippen molar-refractivity contribution in [2.24, 2.45) is 35.3 Å². The number of nitrogens with two attached hydrogens (primary N) is 1. The molecule has 0 amide bonds. The molecule has 4 bridgehead atoms. The van der Waals surface area contributed by atoms with E-state index in [1.807, 2.05) is 0 Å². The van der Waals surface area contributed by atoms with Crippen LogP contribution < -0.4 is 5.73 Å². The minimum Gasteiger partial charge on any atom is -0.320 e. The third-order valence-corrected chi connectivity index (χ3v) is 6.43. The van der Waals surface area contributed by atoms with Crippen LogP contribution in [-0.4, -0.2) is 36.4 Å². The van der Waals surface area contributed by atoms with E-state index >= 15 is 0 Å². The minimum absolute atomic E-state index is 0.217. The third kappa shape index (κ3) is 2.15. The third-order valence-electron chi connectivity index (χ3n) is 6.43. The average Bonchev–Trinajstić information content (AvgIpc) is 2.37. The molecule has 0 aromatic heterocycles. The zero-order valence-corrected chi connectivity index (χ0v) is 11.8. The quantitative estimate of drug-likeness (QED) is 0.823. The molecule has 4 saturated carbocycles. The van der Waals surface area contributed by atoms with Gasteiger partial charge in [-0.1, -0.05) is 0 Å². The Labute approximate surface area is 115 Å². The molecule has 19 heavy (non-hydrogen) atoms. The number of rotatable bonds is 2. The average molecular weight is 262 g/mol. The number of hydrogen-bond acceptors (Lipinski definition) is 3. The van der Waals surface area contributed by atoms with Gasteiger partial charge in [-0.15, -0.1) is 0 Å². The van der Waals surface area contributed by atoms with E-state index in [1.165, 1.54) is 38.6 Å². The Bertz CT molecular complexity index is 353. The summed E-state index contributed by atoms with van der Waals surface area (Å²) >= 11 is 0. The van der Waals surface area contributed by atoms with E-state index in [0.29, 0.717) is 6.42 Å². The van der Waals surface area contributed by atoms with Gasteiger partial charge in [-0.25, -0.2) is 0 Å². The summed E-state index contributed by atoms with van der Waals surface area (Å²) in [5.41, 5.74) is 5.93. The van der Waals surface area contributed by atoms with Crippen LogP contribution in [0.5, 0.6) is 0 Å². The summed E-state index contributed by atoms with van der Waals surface area (Å²) in [5, 5.41) is 0. The van der Waals surface area contributed by atoms with Gasteiger partial charge in [0.05, 0.1) is 6.04 Å². The van der Waals surface area contributed by atoms with Crippen LogP contribution in [-0.2, 0) is 4.79 Å². The molecule has 1 atom stereocenters. The maximum atomic E-state index is 11.5. The van der Waals surface area contributed by atoms with Crippen molar-refractivity contribution in [1.29, 1.82) is 0 Å². The van der Waals surface area contributed by atoms with E-state index in [-0.39, 0.29) is 11.8 Å². The van der Waals surface area contributed by atoms with Gasteiger partial charge >= 0.3 is 0 Å². The molecule has 5 fully saturated rings. The lowest BCUT2D eigenvalue weighted by atomic mass is 9.52. The molecule has 0 aromatic carbocycles. The largest absolute Gasteiger partial charge is 0.320 e. The van der Waals surface area contributed by atoms with Crippen molar-refractivity contribution in [1.82, 2.24) is 4.90 Å². The maximum Gasteiger partial charge on any atom is 0.152 e. The molecule has 5 rings (SSSR count). The predicted octanol–water partition coefficient (Wildman–Crippen LogP) is 1.66. The number of ketones is 1. The Hall–Kier alpha value is -0.410. The maximum absolute atomic E-state index is 11.5. The fourth-order valence-corrected chi connectivity index (χ4v) is 5.72. The smallest absolute Gasteiger partial charge is 0.152 e. The molecule has 1 saturated heterocycles. The SMILES string of the molecule is NC1CN(CC2C3CC4CC(C3)CC2C4)CCC1=O. The summed E-state index contributed by atoms with van der Waals surface area (Å²) < 4.78 is 0.